The molecule has 4 N–H and O–H groups in total. The number of carbonyl (C=O) groups excluding carboxylic acids is 1. The number of benzene rings is 1. The molecule has 1 aromatic carbocycles. The molecule has 3 aromatic rings. The SMILES string of the molecule is CS(=O)(=O)c1ccccc1CNC(=O)c1nc(N2CCCCS2(O)O)c2cccnc2c1O.[H-].[Na+]. The molecule has 10 nitrogen and oxygen atoms in total. The molecular formula is C21H25N4NaO6S2. The predicted molar refractivity (Wildman–Crippen MR) is 127 cm³/mol. The molecule has 0 atom stereocenters. The number of sulfone groups is 1. The number of nitrogens with one attached hydrogen (secondary N) is 1. The monoisotopic (exact) mass is 516 g/mol. The van der Waals surface area contributed by atoms with Gasteiger partial charge in [-0.1, -0.05) is 18.2 Å². The molecule has 1 fully saturated rings. The van der Waals surface area contributed by atoms with Crippen molar-refractivity contribution in [3.05, 3.63) is 53.9 Å². The van der Waals surface area contributed by atoms with E-state index in [4.69, 9.17) is 0 Å². The van der Waals surface area contributed by atoms with Crippen LogP contribution in [0.1, 0.15) is 30.3 Å². The number of fused-ring (bicyclic) bond motifs is 1. The van der Waals surface area contributed by atoms with Gasteiger partial charge in [0, 0.05) is 30.9 Å². The van der Waals surface area contributed by atoms with Crippen LogP contribution in [0.25, 0.3) is 10.9 Å². The Bertz CT molecular complexity index is 1340. The van der Waals surface area contributed by atoms with Crippen LogP contribution in [0.5, 0.6) is 5.75 Å². The van der Waals surface area contributed by atoms with Crippen molar-refractivity contribution in [2.75, 3.05) is 22.9 Å². The van der Waals surface area contributed by atoms with E-state index in [0.29, 0.717) is 30.3 Å². The third-order valence-corrected chi connectivity index (χ3v) is 8.46. The number of aromatic hydroxyl groups is 1. The maximum absolute atomic E-state index is 13.0. The summed E-state index contributed by atoms with van der Waals surface area (Å²) in [5, 5.41) is 13.7. The summed E-state index contributed by atoms with van der Waals surface area (Å²) < 4.78 is 46.6. The molecule has 1 amide bonds. The van der Waals surface area contributed by atoms with Crippen LogP contribution in [0, 0.1) is 0 Å². The van der Waals surface area contributed by atoms with E-state index in [1.54, 1.807) is 30.3 Å². The van der Waals surface area contributed by atoms with Gasteiger partial charge >= 0.3 is 29.6 Å². The topological polar surface area (TPSA) is 153 Å². The smallest absolute Gasteiger partial charge is 1.00 e. The number of anilines is 1. The number of hydrogen-bond donors (Lipinski definition) is 4. The number of aromatic nitrogens is 2. The van der Waals surface area contributed by atoms with Crippen LogP contribution in [0.15, 0.2) is 47.5 Å². The second kappa shape index (κ2) is 10.4. The molecule has 1 saturated heterocycles. The largest absolute Gasteiger partial charge is 1.00 e. The Labute approximate surface area is 222 Å². The molecule has 0 unspecified atom stereocenters. The summed E-state index contributed by atoms with van der Waals surface area (Å²) in [6, 6.07) is 9.55. The quantitative estimate of drug-likeness (QED) is 0.345. The maximum atomic E-state index is 13.0. The summed E-state index contributed by atoms with van der Waals surface area (Å²) in [4.78, 5) is 21.6. The van der Waals surface area contributed by atoms with E-state index in [-0.39, 0.29) is 65.2 Å². The van der Waals surface area contributed by atoms with Crippen molar-refractivity contribution in [3.8, 4) is 5.75 Å². The molecule has 2 aromatic heterocycles. The van der Waals surface area contributed by atoms with E-state index in [0.717, 1.165) is 6.26 Å². The van der Waals surface area contributed by atoms with Gasteiger partial charge in [-0.3, -0.25) is 23.2 Å². The fraction of sp³-hybridized carbons (Fsp3) is 0.286. The Balaban J connectivity index is 0.00000216. The molecule has 3 heterocycles. The summed E-state index contributed by atoms with van der Waals surface area (Å²) in [6.45, 7) is 0.213. The zero-order valence-corrected chi connectivity index (χ0v) is 22.4. The maximum Gasteiger partial charge on any atom is 1.00 e. The van der Waals surface area contributed by atoms with Gasteiger partial charge in [-0.05, 0) is 36.6 Å². The summed E-state index contributed by atoms with van der Waals surface area (Å²) in [5.41, 5.74) is 0.149. The third-order valence-electron chi connectivity index (χ3n) is 5.36. The Kier molecular flexibility index (Phi) is 8.13. The van der Waals surface area contributed by atoms with Crippen molar-refractivity contribution < 1.29 is 58.4 Å². The van der Waals surface area contributed by atoms with Gasteiger partial charge in [-0.15, -0.1) is 10.8 Å². The molecule has 1 aliphatic rings. The standard InChI is InChI=1S/C21H24N4O6S2.Na.H/c1-32(28,29)16-9-3-2-7-14(16)13-23-21(27)18-19(26)17-15(8-6-10-22-17)20(24-18)25-11-4-5-12-33(25,30)31;;/h2-3,6-10,26,30-31H,4-5,11-13H2,1H3,(H,23,27);;/q;+1;-1. The summed E-state index contributed by atoms with van der Waals surface area (Å²) >= 11 is 0. The minimum Gasteiger partial charge on any atom is -1.00 e. The van der Waals surface area contributed by atoms with Crippen molar-refractivity contribution in [1.29, 1.82) is 0 Å². The van der Waals surface area contributed by atoms with Gasteiger partial charge < -0.3 is 11.8 Å². The first kappa shape index (κ1) is 26.7. The fourth-order valence-electron chi connectivity index (χ4n) is 3.78. The van der Waals surface area contributed by atoms with Crippen molar-refractivity contribution in [2.24, 2.45) is 0 Å². The molecule has 1 aliphatic heterocycles. The molecule has 0 spiro atoms. The van der Waals surface area contributed by atoms with Crippen LogP contribution in [0.4, 0.5) is 5.82 Å². The fourth-order valence-corrected chi connectivity index (χ4v) is 6.37. The normalized spacial score (nSPS) is 16.5. The predicted octanol–water partition coefficient (Wildman–Crippen LogP) is 0.0512. The van der Waals surface area contributed by atoms with E-state index in [9.17, 15) is 27.4 Å². The average Bonchev–Trinajstić information content (AvgIpc) is 2.78. The summed E-state index contributed by atoms with van der Waals surface area (Å²) in [6.07, 6.45) is 3.90. The van der Waals surface area contributed by atoms with E-state index in [2.05, 4.69) is 15.3 Å². The van der Waals surface area contributed by atoms with Gasteiger partial charge in [0.1, 0.15) is 5.52 Å². The molecule has 13 heteroatoms. The number of nitrogens with zero attached hydrogens (tertiary/aromatic N) is 3. The molecule has 0 radical (unpaired) electrons. The van der Waals surface area contributed by atoms with Gasteiger partial charge in [-0.25, -0.2) is 13.4 Å². The number of hydrogen-bond acceptors (Lipinski definition) is 9. The Hall–Kier alpha value is -1.93. The zero-order chi connectivity index (χ0) is 23.8. The molecule has 0 bridgehead atoms. The second-order valence-corrected chi connectivity index (χ2v) is 11.8. The first-order valence-electron chi connectivity index (χ1n) is 10.2. The molecule has 4 rings (SSSR count). The van der Waals surface area contributed by atoms with Gasteiger partial charge in [-0.2, -0.15) is 0 Å². The third kappa shape index (κ3) is 5.33. The number of amides is 1. The number of rotatable bonds is 5. The first-order valence-corrected chi connectivity index (χ1v) is 13.7. The first-order chi connectivity index (χ1) is 15.6. The van der Waals surface area contributed by atoms with Crippen molar-refractivity contribution in [3.63, 3.8) is 0 Å². The number of pyridine rings is 2. The van der Waals surface area contributed by atoms with Crippen molar-refractivity contribution in [2.45, 2.75) is 24.3 Å². The van der Waals surface area contributed by atoms with E-state index in [1.165, 1.54) is 16.6 Å². The summed E-state index contributed by atoms with van der Waals surface area (Å²) in [7, 11) is -6.64. The minimum absolute atomic E-state index is 0. The van der Waals surface area contributed by atoms with Crippen LogP contribution < -0.4 is 39.2 Å². The molecule has 0 saturated carbocycles. The Morgan fingerprint density at radius 2 is 1.94 bits per heavy atom. The molecule has 178 valence electrons. The molecule has 34 heavy (non-hydrogen) atoms. The van der Waals surface area contributed by atoms with Crippen LogP contribution >= 0.6 is 10.8 Å². The van der Waals surface area contributed by atoms with Gasteiger partial charge in [0.15, 0.2) is 27.1 Å². The van der Waals surface area contributed by atoms with Crippen molar-refractivity contribution in [1.82, 2.24) is 15.3 Å². The van der Waals surface area contributed by atoms with E-state index in [1.807, 2.05) is 0 Å². The van der Waals surface area contributed by atoms with Crippen LogP contribution in [0.3, 0.4) is 0 Å². The van der Waals surface area contributed by atoms with Crippen LogP contribution in [-0.2, 0) is 16.4 Å². The van der Waals surface area contributed by atoms with Gasteiger partial charge in [0.05, 0.1) is 10.6 Å². The summed E-state index contributed by atoms with van der Waals surface area (Å²) in [5.74, 6) is -0.867. The van der Waals surface area contributed by atoms with Crippen molar-refractivity contribution >= 4 is 43.2 Å². The Morgan fingerprint density at radius 1 is 1.21 bits per heavy atom. The molecule has 0 aliphatic carbocycles. The van der Waals surface area contributed by atoms with Crippen LogP contribution in [0.2, 0.25) is 0 Å². The van der Waals surface area contributed by atoms with Gasteiger partial charge in [0.25, 0.3) is 5.91 Å². The van der Waals surface area contributed by atoms with Gasteiger partial charge in [0.2, 0.25) is 0 Å². The average molecular weight is 517 g/mol. The second-order valence-electron chi connectivity index (χ2n) is 7.74. The number of carbonyl (C=O) groups is 1. The van der Waals surface area contributed by atoms with E-state index < -0.39 is 32.3 Å². The Morgan fingerprint density at radius 3 is 2.65 bits per heavy atom. The van der Waals surface area contributed by atoms with E-state index >= 15 is 0 Å². The molecular weight excluding hydrogens is 491 g/mol. The zero-order valence-electron chi connectivity index (χ0n) is 19.8. The van der Waals surface area contributed by atoms with Crippen LogP contribution in [-0.4, -0.2) is 57.1 Å². The minimum atomic E-state index is -3.50.